The number of nitrogens with zero attached hydrogens (tertiary/aromatic N) is 3. The average molecular weight is 329 g/mol. The lowest BCUT2D eigenvalue weighted by Gasteiger charge is -2.40. The third-order valence-electron chi connectivity index (χ3n) is 5.06. The van der Waals surface area contributed by atoms with Gasteiger partial charge in [-0.3, -0.25) is 9.69 Å². The van der Waals surface area contributed by atoms with Gasteiger partial charge in [-0.1, -0.05) is 18.2 Å². The molecule has 4 nitrogen and oxygen atoms in total. The van der Waals surface area contributed by atoms with E-state index >= 15 is 0 Å². The van der Waals surface area contributed by atoms with Crippen LogP contribution in [0.2, 0.25) is 0 Å². The van der Waals surface area contributed by atoms with Crippen LogP contribution in [0.4, 0.5) is 5.69 Å². The van der Waals surface area contributed by atoms with E-state index in [0.29, 0.717) is 23.6 Å². The number of thioether (sulfide) groups is 1. The van der Waals surface area contributed by atoms with Crippen LogP contribution in [-0.4, -0.2) is 53.8 Å². The van der Waals surface area contributed by atoms with Gasteiger partial charge in [0.2, 0.25) is 5.91 Å². The predicted molar refractivity (Wildman–Crippen MR) is 95.2 cm³/mol. The maximum Gasteiger partial charge on any atom is 0.227 e. The predicted octanol–water partition coefficient (Wildman–Crippen LogP) is 2.59. The van der Waals surface area contributed by atoms with Gasteiger partial charge in [0.1, 0.15) is 0 Å². The molecule has 0 spiro atoms. The summed E-state index contributed by atoms with van der Waals surface area (Å²) < 4.78 is 0. The van der Waals surface area contributed by atoms with Crippen LogP contribution in [0.15, 0.2) is 41.9 Å². The highest BCUT2D eigenvalue weighted by Crippen LogP contribution is 2.36. The van der Waals surface area contributed by atoms with Crippen LogP contribution in [0.5, 0.6) is 0 Å². The van der Waals surface area contributed by atoms with Crippen LogP contribution in [-0.2, 0) is 4.79 Å². The summed E-state index contributed by atoms with van der Waals surface area (Å²) >= 11 is 1.79. The first kappa shape index (κ1) is 15.1. The maximum atomic E-state index is 12.2. The smallest absolute Gasteiger partial charge is 0.227 e. The van der Waals surface area contributed by atoms with E-state index in [9.17, 15) is 4.79 Å². The van der Waals surface area contributed by atoms with Gasteiger partial charge in [-0.2, -0.15) is 0 Å². The Morgan fingerprint density at radius 2 is 1.87 bits per heavy atom. The maximum absolute atomic E-state index is 12.2. The van der Waals surface area contributed by atoms with Crippen molar-refractivity contribution in [2.24, 2.45) is 5.92 Å². The Balaban J connectivity index is 1.29. The van der Waals surface area contributed by atoms with Gasteiger partial charge < -0.3 is 9.80 Å². The van der Waals surface area contributed by atoms with E-state index < -0.39 is 0 Å². The van der Waals surface area contributed by atoms with Crippen molar-refractivity contribution in [1.82, 2.24) is 9.80 Å². The minimum absolute atomic E-state index is 0.301. The number of carbonyl (C=O) groups excluding carboxylic acids is 1. The first-order chi connectivity index (χ1) is 11.3. The number of fused-ring (bicyclic) bond motifs is 1. The Morgan fingerprint density at radius 3 is 2.65 bits per heavy atom. The lowest BCUT2D eigenvalue weighted by molar-refractivity contribution is -0.133. The van der Waals surface area contributed by atoms with Crippen molar-refractivity contribution in [1.29, 1.82) is 0 Å². The molecule has 2 atom stereocenters. The van der Waals surface area contributed by atoms with Gasteiger partial charge in [0.05, 0.1) is 5.37 Å². The molecule has 2 unspecified atom stereocenters. The number of rotatable bonds is 3. The molecule has 0 N–H and O–H groups in total. The molecular formula is C18H23N3OS. The summed E-state index contributed by atoms with van der Waals surface area (Å²) in [5.41, 5.74) is 1.32. The molecule has 3 heterocycles. The fourth-order valence-corrected chi connectivity index (χ4v) is 4.90. The molecule has 0 saturated carbocycles. The number of hydrogen-bond donors (Lipinski definition) is 0. The normalized spacial score (nSPS) is 28.3. The summed E-state index contributed by atoms with van der Waals surface area (Å²) in [6.07, 6.45) is 3.79. The molecule has 0 radical (unpaired) electrons. The molecule has 3 aliphatic heterocycles. The van der Waals surface area contributed by atoms with Gasteiger partial charge in [0.15, 0.2) is 0 Å². The average Bonchev–Trinajstić information content (AvgIpc) is 3.05. The SMILES string of the molecule is O=C1CC(CN2CCN(c3ccccc3)CC2)CC2SC=CN12. The molecule has 0 aromatic heterocycles. The fourth-order valence-electron chi connectivity index (χ4n) is 3.82. The van der Waals surface area contributed by atoms with E-state index in [1.54, 1.807) is 11.8 Å². The Hall–Kier alpha value is -1.46. The van der Waals surface area contributed by atoms with Gasteiger partial charge in [0, 0.05) is 51.0 Å². The van der Waals surface area contributed by atoms with Crippen molar-refractivity contribution in [3.63, 3.8) is 0 Å². The molecule has 2 saturated heterocycles. The second kappa shape index (κ2) is 6.57. The summed E-state index contributed by atoms with van der Waals surface area (Å²) in [6, 6.07) is 10.7. The van der Waals surface area contributed by atoms with Crippen molar-refractivity contribution < 1.29 is 4.79 Å². The second-order valence-electron chi connectivity index (χ2n) is 6.61. The zero-order valence-electron chi connectivity index (χ0n) is 13.3. The number of amides is 1. The summed E-state index contributed by atoms with van der Waals surface area (Å²) in [6.45, 7) is 5.42. The third kappa shape index (κ3) is 3.26. The van der Waals surface area contributed by atoms with E-state index in [4.69, 9.17) is 0 Å². The van der Waals surface area contributed by atoms with Gasteiger partial charge in [-0.25, -0.2) is 0 Å². The number of piperidine rings is 1. The van der Waals surface area contributed by atoms with Gasteiger partial charge >= 0.3 is 0 Å². The largest absolute Gasteiger partial charge is 0.369 e. The zero-order chi connectivity index (χ0) is 15.6. The Labute approximate surface area is 142 Å². The number of benzene rings is 1. The van der Waals surface area contributed by atoms with Gasteiger partial charge in [0.25, 0.3) is 0 Å². The quantitative estimate of drug-likeness (QED) is 0.852. The second-order valence-corrected chi connectivity index (χ2v) is 7.69. The molecule has 4 rings (SSSR count). The molecule has 2 fully saturated rings. The van der Waals surface area contributed by atoms with Crippen LogP contribution in [0.25, 0.3) is 0 Å². The lowest BCUT2D eigenvalue weighted by Crippen LogP contribution is -2.49. The van der Waals surface area contributed by atoms with Gasteiger partial charge in [-0.05, 0) is 29.9 Å². The molecule has 23 heavy (non-hydrogen) atoms. The van der Waals surface area contributed by atoms with Crippen LogP contribution >= 0.6 is 11.8 Å². The summed E-state index contributed by atoms with van der Waals surface area (Å²) in [5, 5.41) is 2.41. The molecule has 5 heteroatoms. The minimum atomic E-state index is 0.301. The summed E-state index contributed by atoms with van der Waals surface area (Å²) in [5.74, 6) is 0.815. The molecule has 3 aliphatic rings. The van der Waals surface area contributed by atoms with E-state index in [1.165, 1.54) is 5.69 Å². The number of para-hydroxylation sites is 1. The first-order valence-electron chi connectivity index (χ1n) is 8.45. The fraction of sp³-hybridized carbons (Fsp3) is 0.500. The molecule has 122 valence electrons. The standard InChI is InChI=1S/C18H23N3OS/c22-17-12-15(13-18-21(17)10-11-23-18)14-19-6-8-20(9-7-19)16-4-2-1-3-5-16/h1-5,10-11,15,18H,6-9,12-14H2. The van der Waals surface area contributed by atoms with Gasteiger partial charge in [-0.15, -0.1) is 11.8 Å². The number of anilines is 1. The van der Waals surface area contributed by atoms with Crippen molar-refractivity contribution in [3.05, 3.63) is 41.9 Å². The first-order valence-corrected chi connectivity index (χ1v) is 9.39. The Bertz CT molecular complexity index is 583. The van der Waals surface area contributed by atoms with Crippen molar-refractivity contribution in [2.45, 2.75) is 18.2 Å². The number of piperazine rings is 1. The Morgan fingerprint density at radius 1 is 1.09 bits per heavy atom. The van der Waals surface area contributed by atoms with Crippen LogP contribution < -0.4 is 4.90 Å². The highest BCUT2D eigenvalue weighted by Gasteiger charge is 2.35. The molecule has 1 aromatic rings. The van der Waals surface area contributed by atoms with Crippen LogP contribution in [0.3, 0.4) is 0 Å². The lowest BCUT2D eigenvalue weighted by atomic mass is 9.95. The molecule has 0 aliphatic carbocycles. The number of carbonyl (C=O) groups is 1. The highest BCUT2D eigenvalue weighted by atomic mass is 32.2. The van der Waals surface area contributed by atoms with Crippen LogP contribution in [0, 0.1) is 5.92 Å². The van der Waals surface area contributed by atoms with Crippen LogP contribution in [0.1, 0.15) is 12.8 Å². The van der Waals surface area contributed by atoms with E-state index in [-0.39, 0.29) is 0 Å². The molecule has 1 amide bonds. The van der Waals surface area contributed by atoms with Crippen molar-refractivity contribution >= 4 is 23.4 Å². The monoisotopic (exact) mass is 329 g/mol. The Kier molecular flexibility index (Phi) is 4.31. The third-order valence-corrected chi connectivity index (χ3v) is 6.08. The summed E-state index contributed by atoms with van der Waals surface area (Å²) in [4.78, 5) is 19.1. The molecule has 0 bridgehead atoms. The van der Waals surface area contributed by atoms with E-state index in [1.807, 2.05) is 11.1 Å². The van der Waals surface area contributed by atoms with E-state index in [2.05, 4.69) is 45.5 Å². The van der Waals surface area contributed by atoms with Crippen molar-refractivity contribution in [3.8, 4) is 0 Å². The van der Waals surface area contributed by atoms with Crippen molar-refractivity contribution in [2.75, 3.05) is 37.6 Å². The van der Waals surface area contributed by atoms with E-state index in [0.717, 1.165) is 39.1 Å². The minimum Gasteiger partial charge on any atom is -0.369 e. The highest BCUT2D eigenvalue weighted by molar-refractivity contribution is 8.02. The topological polar surface area (TPSA) is 26.8 Å². The zero-order valence-corrected chi connectivity index (χ0v) is 14.1. The molecular weight excluding hydrogens is 306 g/mol. The molecule has 1 aromatic carbocycles. The summed E-state index contributed by atoms with van der Waals surface area (Å²) in [7, 11) is 0. The number of hydrogen-bond acceptors (Lipinski definition) is 4.